The van der Waals surface area contributed by atoms with Crippen LogP contribution in [0.3, 0.4) is 0 Å². The third-order valence-electron chi connectivity index (χ3n) is 2.39. The molecule has 2 rings (SSSR count). The van der Waals surface area contributed by atoms with Crippen molar-refractivity contribution in [1.82, 2.24) is 9.97 Å². The van der Waals surface area contributed by atoms with Crippen molar-refractivity contribution >= 4 is 17.4 Å². The van der Waals surface area contributed by atoms with Gasteiger partial charge in [-0.1, -0.05) is 31.5 Å². The Morgan fingerprint density at radius 1 is 1.32 bits per heavy atom. The molecule has 0 aliphatic heterocycles. The van der Waals surface area contributed by atoms with Crippen LogP contribution in [0.4, 0.5) is 10.2 Å². The van der Waals surface area contributed by atoms with E-state index >= 15 is 0 Å². The van der Waals surface area contributed by atoms with Crippen LogP contribution in [0.1, 0.15) is 25.6 Å². The number of ether oxygens (including phenoxy) is 1. The molecular weight excluding hydrogens is 269 g/mol. The van der Waals surface area contributed by atoms with E-state index in [1.165, 1.54) is 18.2 Å². The minimum atomic E-state index is -0.632. The average Bonchev–Trinajstić information content (AvgIpc) is 2.34. The topological polar surface area (TPSA) is 61.0 Å². The quantitative estimate of drug-likeness (QED) is 0.930. The number of nitrogens with zero attached hydrogens (tertiary/aromatic N) is 2. The predicted molar refractivity (Wildman–Crippen MR) is 72.0 cm³/mol. The number of hydrogen-bond donors (Lipinski definition) is 1. The molecular formula is C13H13ClFN3O. The first-order chi connectivity index (χ1) is 8.97. The van der Waals surface area contributed by atoms with Gasteiger partial charge < -0.3 is 10.5 Å². The molecule has 0 aliphatic rings. The molecule has 0 aliphatic carbocycles. The Labute approximate surface area is 115 Å². The van der Waals surface area contributed by atoms with Crippen LogP contribution >= 0.6 is 11.6 Å². The second kappa shape index (κ2) is 5.40. The van der Waals surface area contributed by atoms with E-state index in [2.05, 4.69) is 9.97 Å². The summed E-state index contributed by atoms with van der Waals surface area (Å²) in [5.74, 6) is 0.466. The van der Waals surface area contributed by atoms with E-state index in [9.17, 15) is 4.39 Å². The number of hydrogen-bond acceptors (Lipinski definition) is 4. The van der Waals surface area contributed by atoms with Crippen LogP contribution in [0.15, 0.2) is 24.3 Å². The number of rotatable bonds is 3. The highest BCUT2D eigenvalue weighted by atomic mass is 35.5. The van der Waals surface area contributed by atoms with Crippen LogP contribution in [0.25, 0.3) is 0 Å². The standard InChI is InChI=1S/C13H13ClFN3O/c1-7(2)13-17-10(16)6-11(18-13)19-9-5-3-4-8(14)12(9)15/h3-7H,1-2H3,(H2,16,17,18). The molecule has 0 amide bonds. The summed E-state index contributed by atoms with van der Waals surface area (Å²) in [6.07, 6.45) is 0. The molecule has 6 heteroatoms. The molecule has 0 saturated heterocycles. The van der Waals surface area contributed by atoms with Crippen molar-refractivity contribution in [3.05, 3.63) is 40.9 Å². The lowest BCUT2D eigenvalue weighted by Gasteiger charge is -2.10. The molecule has 0 spiro atoms. The van der Waals surface area contributed by atoms with Crippen LogP contribution in [0.2, 0.25) is 5.02 Å². The molecule has 0 fully saturated rings. The Morgan fingerprint density at radius 3 is 2.74 bits per heavy atom. The zero-order valence-corrected chi connectivity index (χ0v) is 11.3. The van der Waals surface area contributed by atoms with Gasteiger partial charge in [0.2, 0.25) is 5.88 Å². The van der Waals surface area contributed by atoms with Crippen molar-refractivity contribution in [2.75, 3.05) is 5.73 Å². The number of aromatic nitrogens is 2. The number of anilines is 1. The first-order valence-corrected chi connectivity index (χ1v) is 6.11. The number of benzene rings is 1. The summed E-state index contributed by atoms with van der Waals surface area (Å²) >= 11 is 5.68. The lowest BCUT2D eigenvalue weighted by molar-refractivity contribution is 0.424. The van der Waals surface area contributed by atoms with Crippen molar-refractivity contribution in [2.45, 2.75) is 19.8 Å². The molecule has 2 aromatic rings. The van der Waals surface area contributed by atoms with Gasteiger partial charge in [-0.15, -0.1) is 0 Å². The lowest BCUT2D eigenvalue weighted by atomic mass is 10.2. The first-order valence-electron chi connectivity index (χ1n) is 5.73. The minimum Gasteiger partial charge on any atom is -0.436 e. The van der Waals surface area contributed by atoms with Gasteiger partial charge >= 0.3 is 0 Å². The molecule has 0 bridgehead atoms. The SMILES string of the molecule is CC(C)c1nc(N)cc(Oc2cccc(Cl)c2F)n1. The Morgan fingerprint density at radius 2 is 2.05 bits per heavy atom. The molecule has 100 valence electrons. The molecule has 4 nitrogen and oxygen atoms in total. The minimum absolute atomic E-state index is 0.000283. The molecule has 1 aromatic carbocycles. The van der Waals surface area contributed by atoms with Gasteiger partial charge in [-0.05, 0) is 12.1 Å². The van der Waals surface area contributed by atoms with Gasteiger partial charge in [-0.3, -0.25) is 0 Å². The second-order valence-corrected chi connectivity index (χ2v) is 4.71. The highest BCUT2D eigenvalue weighted by Crippen LogP contribution is 2.28. The highest BCUT2D eigenvalue weighted by Gasteiger charge is 2.12. The van der Waals surface area contributed by atoms with Crippen molar-refractivity contribution in [2.24, 2.45) is 0 Å². The van der Waals surface area contributed by atoms with Crippen LogP contribution < -0.4 is 10.5 Å². The third-order valence-corrected chi connectivity index (χ3v) is 2.68. The monoisotopic (exact) mass is 281 g/mol. The molecule has 0 atom stereocenters. The zero-order valence-electron chi connectivity index (χ0n) is 10.5. The van der Waals surface area contributed by atoms with Crippen LogP contribution in [0.5, 0.6) is 11.6 Å². The molecule has 0 radical (unpaired) electrons. The van der Waals surface area contributed by atoms with Crippen LogP contribution in [-0.2, 0) is 0 Å². The first kappa shape index (κ1) is 13.5. The molecule has 0 unspecified atom stereocenters. The van der Waals surface area contributed by atoms with Gasteiger partial charge in [-0.25, -0.2) is 9.37 Å². The van der Waals surface area contributed by atoms with E-state index in [1.54, 1.807) is 6.07 Å². The third kappa shape index (κ3) is 3.12. The van der Waals surface area contributed by atoms with Gasteiger partial charge in [0, 0.05) is 12.0 Å². The van der Waals surface area contributed by atoms with Crippen molar-refractivity contribution in [1.29, 1.82) is 0 Å². The maximum atomic E-state index is 13.7. The van der Waals surface area contributed by atoms with Gasteiger partial charge in [0.05, 0.1) is 5.02 Å². The average molecular weight is 282 g/mol. The summed E-state index contributed by atoms with van der Waals surface area (Å²) in [5, 5.41) is -0.0105. The van der Waals surface area contributed by atoms with E-state index < -0.39 is 5.82 Å². The summed E-state index contributed by atoms with van der Waals surface area (Å²) in [6, 6.07) is 5.94. The lowest BCUT2D eigenvalue weighted by Crippen LogP contribution is -2.03. The predicted octanol–water partition coefficient (Wildman–Crippen LogP) is 3.77. The number of nitrogens with two attached hydrogens (primary N) is 1. The van der Waals surface area contributed by atoms with Crippen molar-refractivity contribution < 1.29 is 9.13 Å². The number of nitrogen functional groups attached to an aromatic ring is 1. The summed E-state index contributed by atoms with van der Waals surface area (Å²) in [7, 11) is 0. The maximum Gasteiger partial charge on any atom is 0.224 e. The summed E-state index contributed by atoms with van der Waals surface area (Å²) in [4.78, 5) is 8.26. The molecule has 1 heterocycles. The van der Waals surface area contributed by atoms with E-state index in [0.717, 1.165) is 0 Å². The van der Waals surface area contributed by atoms with E-state index in [-0.39, 0.29) is 28.4 Å². The van der Waals surface area contributed by atoms with Gasteiger partial charge in [0.15, 0.2) is 11.6 Å². The zero-order chi connectivity index (χ0) is 14.0. The molecule has 1 aromatic heterocycles. The van der Waals surface area contributed by atoms with Gasteiger partial charge in [0.1, 0.15) is 11.6 Å². The van der Waals surface area contributed by atoms with E-state index in [0.29, 0.717) is 5.82 Å². The Kier molecular flexibility index (Phi) is 3.85. The maximum absolute atomic E-state index is 13.7. The number of halogens is 2. The van der Waals surface area contributed by atoms with Crippen LogP contribution in [-0.4, -0.2) is 9.97 Å². The Balaban J connectivity index is 2.35. The summed E-state index contributed by atoms with van der Waals surface area (Å²) < 4.78 is 19.1. The molecule has 0 saturated carbocycles. The second-order valence-electron chi connectivity index (χ2n) is 4.30. The Hall–Kier alpha value is -1.88. The van der Waals surface area contributed by atoms with E-state index in [1.807, 2.05) is 13.8 Å². The normalized spacial score (nSPS) is 10.8. The summed E-state index contributed by atoms with van der Waals surface area (Å²) in [6.45, 7) is 3.86. The van der Waals surface area contributed by atoms with Crippen LogP contribution in [0, 0.1) is 5.82 Å². The summed E-state index contributed by atoms with van der Waals surface area (Å²) in [5.41, 5.74) is 5.67. The largest absolute Gasteiger partial charge is 0.436 e. The molecule has 19 heavy (non-hydrogen) atoms. The fourth-order valence-electron chi connectivity index (χ4n) is 1.45. The molecule has 2 N–H and O–H groups in total. The van der Waals surface area contributed by atoms with Crippen molar-refractivity contribution in [3.8, 4) is 11.6 Å². The van der Waals surface area contributed by atoms with E-state index in [4.69, 9.17) is 22.1 Å². The Bertz CT molecular complexity index is 604. The fourth-order valence-corrected chi connectivity index (χ4v) is 1.61. The van der Waals surface area contributed by atoms with Gasteiger partial charge in [0.25, 0.3) is 0 Å². The van der Waals surface area contributed by atoms with Crippen molar-refractivity contribution in [3.63, 3.8) is 0 Å². The fraction of sp³-hybridized carbons (Fsp3) is 0.231. The smallest absolute Gasteiger partial charge is 0.224 e. The van der Waals surface area contributed by atoms with Gasteiger partial charge in [-0.2, -0.15) is 4.98 Å². The highest BCUT2D eigenvalue weighted by molar-refractivity contribution is 6.30.